The molecule has 0 spiro atoms. The van der Waals surface area contributed by atoms with E-state index in [0.717, 1.165) is 43.2 Å². The SMILES string of the molecule is O=C1CCC(N2Cc3cc(CNC[C@@]45CNC[C@@H]4C5)ccc3C2=O)C(=O)N1. The quantitative estimate of drug-likeness (QED) is 0.644. The van der Waals surface area contributed by atoms with Crippen molar-refractivity contribution in [2.45, 2.75) is 38.4 Å². The molecule has 3 atom stereocenters. The van der Waals surface area contributed by atoms with E-state index in [1.807, 2.05) is 12.1 Å². The van der Waals surface area contributed by atoms with E-state index in [-0.39, 0.29) is 24.1 Å². The zero-order valence-electron chi connectivity index (χ0n) is 15.2. The van der Waals surface area contributed by atoms with Crippen LogP contribution in [0, 0.1) is 11.3 Å². The van der Waals surface area contributed by atoms with Gasteiger partial charge in [-0.2, -0.15) is 0 Å². The summed E-state index contributed by atoms with van der Waals surface area (Å²) < 4.78 is 0. The maximum Gasteiger partial charge on any atom is 0.255 e. The fourth-order valence-corrected chi connectivity index (χ4v) is 4.90. The number of imide groups is 1. The molecule has 3 N–H and O–H groups in total. The largest absolute Gasteiger partial charge is 0.322 e. The van der Waals surface area contributed by atoms with E-state index in [1.54, 1.807) is 4.90 Å². The molecule has 0 bridgehead atoms. The van der Waals surface area contributed by atoms with Crippen LogP contribution >= 0.6 is 0 Å². The lowest BCUT2D eigenvalue weighted by molar-refractivity contribution is -0.136. The maximum absolute atomic E-state index is 12.7. The average molecular weight is 368 g/mol. The van der Waals surface area contributed by atoms with Gasteiger partial charge in [-0.3, -0.25) is 19.7 Å². The lowest BCUT2D eigenvalue weighted by atomic mass is 10.0. The van der Waals surface area contributed by atoms with E-state index in [4.69, 9.17) is 0 Å². The highest BCUT2D eigenvalue weighted by Gasteiger charge is 2.56. The fraction of sp³-hybridized carbons (Fsp3) is 0.550. The van der Waals surface area contributed by atoms with E-state index >= 15 is 0 Å². The summed E-state index contributed by atoms with van der Waals surface area (Å²) >= 11 is 0. The molecule has 4 aliphatic rings. The molecule has 27 heavy (non-hydrogen) atoms. The number of rotatable bonds is 5. The number of carbonyl (C=O) groups is 3. The van der Waals surface area contributed by atoms with Crippen molar-refractivity contribution >= 4 is 17.7 Å². The van der Waals surface area contributed by atoms with Crippen molar-refractivity contribution in [1.29, 1.82) is 0 Å². The normalized spacial score (nSPS) is 31.7. The molecule has 1 saturated carbocycles. The molecule has 3 heterocycles. The smallest absolute Gasteiger partial charge is 0.255 e. The third-order valence-electron chi connectivity index (χ3n) is 6.62. The number of nitrogens with one attached hydrogen (secondary N) is 3. The van der Waals surface area contributed by atoms with E-state index in [2.05, 4.69) is 22.0 Å². The first-order chi connectivity index (χ1) is 13.1. The Morgan fingerprint density at radius 3 is 2.89 bits per heavy atom. The van der Waals surface area contributed by atoms with Crippen LogP contribution in [0.5, 0.6) is 0 Å². The first kappa shape index (κ1) is 16.9. The number of amides is 3. The van der Waals surface area contributed by atoms with Crippen LogP contribution in [-0.2, 0) is 22.7 Å². The summed E-state index contributed by atoms with van der Waals surface area (Å²) in [5, 5.41) is 9.37. The molecule has 7 heteroatoms. The molecular weight excluding hydrogens is 344 g/mol. The van der Waals surface area contributed by atoms with Gasteiger partial charge < -0.3 is 15.5 Å². The summed E-state index contributed by atoms with van der Waals surface area (Å²) in [6.07, 6.45) is 2.01. The molecule has 142 valence electrons. The highest BCUT2D eigenvalue weighted by molar-refractivity contribution is 6.05. The Balaban J connectivity index is 1.23. The van der Waals surface area contributed by atoms with Crippen LogP contribution in [-0.4, -0.2) is 48.3 Å². The van der Waals surface area contributed by atoms with Gasteiger partial charge in [0.25, 0.3) is 5.91 Å². The molecule has 5 rings (SSSR count). The first-order valence-corrected chi connectivity index (χ1v) is 9.74. The predicted octanol–water partition coefficient (Wildman–Crippen LogP) is 0.147. The lowest BCUT2D eigenvalue weighted by Crippen LogP contribution is -2.52. The van der Waals surface area contributed by atoms with Crippen molar-refractivity contribution < 1.29 is 14.4 Å². The molecule has 1 aliphatic carbocycles. The molecule has 1 unspecified atom stereocenters. The zero-order chi connectivity index (χ0) is 18.6. The van der Waals surface area contributed by atoms with Gasteiger partial charge in [-0.15, -0.1) is 0 Å². The molecule has 7 nitrogen and oxygen atoms in total. The lowest BCUT2D eigenvalue weighted by Gasteiger charge is -2.29. The Morgan fingerprint density at radius 2 is 2.15 bits per heavy atom. The molecule has 0 aromatic heterocycles. The second-order valence-electron chi connectivity index (χ2n) is 8.39. The van der Waals surface area contributed by atoms with Crippen LogP contribution in [0.2, 0.25) is 0 Å². The van der Waals surface area contributed by atoms with Gasteiger partial charge in [0, 0.05) is 38.2 Å². The second kappa shape index (κ2) is 6.14. The zero-order valence-corrected chi connectivity index (χ0v) is 15.2. The Morgan fingerprint density at radius 1 is 1.26 bits per heavy atom. The van der Waals surface area contributed by atoms with Crippen molar-refractivity contribution in [1.82, 2.24) is 20.9 Å². The van der Waals surface area contributed by atoms with Crippen molar-refractivity contribution in [3.63, 3.8) is 0 Å². The number of benzene rings is 1. The molecule has 0 radical (unpaired) electrons. The van der Waals surface area contributed by atoms with Crippen molar-refractivity contribution in [3.05, 3.63) is 34.9 Å². The third kappa shape index (κ3) is 2.85. The summed E-state index contributed by atoms with van der Waals surface area (Å²) in [5.74, 6) is 0.0989. The second-order valence-corrected chi connectivity index (χ2v) is 8.39. The van der Waals surface area contributed by atoms with Crippen molar-refractivity contribution in [2.75, 3.05) is 19.6 Å². The molecule has 1 aromatic rings. The van der Waals surface area contributed by atoms with Gasteiger partial charge >= 0.3 is 0 Å². The molecule has 2 saturated heterocycles. The minimum absolute atomic E-state index is 0.115. The summed E-state index contributed by atoms with van der Waals surface area (Å²) in [6, 6.07) is 5.38. The van der Waals surface area contributed by atoms with Crippen LogP contribution in [0.1, 0.15) is 40.7 Å². The van der Waals surface area contributed by atoms with Gasteiger partial charge in [0.1, 0.15) is 6.04 Å². The molecular formula is C20H24N4O3. The van der Waals surface area contributed by atoms with Gasteiger partial charge in [0.15, 0.2) is 0 Å². The highest BCUT2D eigenvalue weighted by atomic mass is 16.2. The van der Waals surface area contributed by atoms with E-state index in [0.29, 0.717) is 23.9 Å². The minimum atomic E-state index is -0.551. The van der Waals surface area contributed by atoms with Crippen molar-refractivity contribution in [2.24, 2.45) is 11.3 Å². The van der Waals surface area contributed by atoms with E-state index in [9.17, 15) is 14.4 Å². The number of carbonyl (C=O) groups excluding carboxylic acids is 3. The molecule has 3 aliphatic heterocycles. The van der Waals surface area contributed by atoms with Crippen molar-refractivity contribution in [3.8, 4) is 0 Å². The summed E-state index contributed by atoms with van der Waals surface area (Å²) in [7, 11) is 0. The van der Waals surface area contributed by atoms with Crippen LogP contribution < -0.4 is 16.0 Å². The molecule has 3 amide bonds. The summed E-state index contributed by atoms with van der Waals surface area (Å²) in [4.78, 5) is 37.8. The average Bonchev–Trinajstić information content (AvgIpc) is 3.01. The Hall–Kier alpha value is -2.25. The number of piperidine rings is 2. The van der Waals surface area contributed by atoms with E-state index in [1.165, 1.54) is 6.42 Å². The number of hydrogen-bond acceptors (Lipinski definition) is 5. The van der Waals surface area contributed by atoms with Crippen LogP contribution in [0.3, 0.4) is 0 Å². The van der Waals surface area contributed by atoms with Crippen LogP contribution in [0.25, 0.3) is 0 Å². The maximum atomic E-state index is 12.7. The fourth-order valence-electron chi connectivity index (χ4n) is 4.90. The first-order valence-electron chi connectivity index (χ1n) is 9.74. The van der Waals surface area contributed by atoms with Crippen LogP contribution in [0.4, 0.5) is 0 Å². The Kier molecular flexibility index (Phi) is 3.84. The summed E-state index contributed by atoms with van der Waals surface area (Å²) in [5.41, 5.74) is 3.26. The van der Waals surface area contributed by atoms with Gasteiger partial charge in [-0.05, 0) is 47.9 Å². The number of hydrogen-bond donors (Lipinski definition) is 3. The topological polar surface area (TPSA) is 90.5 Å². The monoisotopic (exact) mass is 368 g/mol. The predicted molar refractivity (Wildman–Crippen MR) is 97.6 cm³/mol. The van der Waals surface area contributed by atoms with Gasteiger partial charge in [0.2, 0.25) is 11.8 Å². The number of nitrogens with zero attached hydrogens (tertiary/aromatic N) is 1. The number of fused-ring (bicyclic) bond motifs is 2. The van der Waals surface area contributed by atoms with E-state index < -0.39 is 6.04 Å². The van der Waals surface area contributed by atoms with Gasteiger partial charge in [-0.25, -0.2) is 0 Å². The third-order valence-corrected chi connectivity index (χ3v) is 6.62. The molecule has 3 fully saturated rings. The van der Waals surface area contributed by atoms with Gasteiger partial charge in [0.05, 0.1) is 0 Å². The highest BCUT2D eigenvalue weighted by Crippen LogP contribution is 2.54. The molecule has 1 aromatic carbocycles. The standard InChI is InChI=1S/C20H24N4O3/c25-17-4-3-16(18(26)23-17)24-9-13-5-12(1-2-15(13)19(24)27)7-21-10-20-6-14(20)8-22-11-20/h1-2,5,14,16,21-22H,3-4,6-11H2,(H,23,25,26)/t14-,16?,20-/m0/s1. The minimum Gasteiger partial charge on any atom is -0.322 e. The van der Waals surface area contributed by atoms with Crippen LogP contribution in [0.15, 0.2) is 18.2 Å². The Labute approximate surface area is 157 Å². The Bertz CT molecular complexity index is 839. The summed E-state index contributed by atoms with van der Waals surface area (Å²) in [6.45, 7) is 4.52. The van der Waals surface area contributed by atoms with Gasteiger partial charge in [-0.1, -0.05) is 12.1 Å².